The highest BCUT2D eigenvalue weighted by molar-refractivity contribution is 6.04. The van der Waals surface area contributed by atoms with Gasteiger partial charge in [-0.05, 0) is 24.0 Å². The molecule has 1 unspecified atom stereocenters. The standard InChI is InChI=1S/C15H19FN4O.2ClH/c1-15(2)7-20(4-3-12(15)17)14(21)10-5-9(16)6-11-13(10)19-8-18-11;;/h5-6,8,12H,3-4,7,17H2,1-2H3,(H,18,19);2*1H. The van der Waals surface area contributed by atoms with E-state index in [2.05, 4.69) is 9.97 Å². The molecule has 1 aliphatic heterocycles. The molecule has 2 heterocycles. The summed E-state index contributed by atoms with van der Waals surface area (Å²) in [5.74, 6) is -0.630. The van der Waals surface area contributed by atoms with Gasteiger partial charge in [0.25, 0.3) is 5.91 Å². The number of likely N-dealkylation sites (tertiary alicyclic amines) is 1. The summed E-state index contributed by atoms with van der Waals surface area (Å²) in [6.07, 6.45) is 2.22. The Labute approximate surface area is 146 Å². The molecule has 3 N–H and O–H groups in total. The van der Waals surface area contributed by atoms with E-state index in [1.165, 1.54) is 18.5 Å². The fraction of sp³-hybridized carbons (Fsp3) is 0.467. The van der Waals surface area contributed by atoms with E-state index < -0.39 is 5.82 Å². The number of aromatic nitrogens is 2. The molecule has 1 aromatic carbocycles. The molecule has 1 atom stereocenters. The van der Waals surface area contributed by atoms with Crippen molar-refractivity contribution in [2.24, 2.45) is 11.1 Å². The Balaban J connectivity index is 0.00000132. The number of piperidine rings is 1. The highest BCUT2D eigenvalue weighted by Gasteiger charge is 2.36. The van der Waals surface area contributed by atoms with Gasteiger partial charge in [0.05, 0.1) is 17.4 Å². The second kappa shape index (κ2) is 7.03. The molecule has 1 aromatic heterocycles. The van der Waals surface area contributed by atoms with Crippen LogP contribution in [-0.2, 0) is 0 Å². The molecule has 0 saturated carbocycles. The monoisotopic (exact) mass is 362 g/mol. The van der Waals surface area contributed by atoms with Crippen LogP contribution in [-0.4, -0.2) is 39.9 Å². The molecule has 1 fully saturated rings. The molecule has 23 heavy (non-hydrogen) atoms. The van der Waals surface area contributed by atoms with Gasteiger partial charge in [0.15, 0.2) is 0 Å². The molecule has 5 nitrogen and oxygen atoms in total. The van der Waals surface area contributed by atoms with E-state index in [0.717, 1.165) is 6.42 Å². The van der Waals surface area contributed by atoms with Crippen molar-refractivity contribution in [3.05, 3.63) is 29.8 Å². The summed E-state index contributed by atoms with van der Waals surface area (Å²) in [4.78, 5) is 21.4. The normalized spacial score (nSPS) is 19.8. The molecule has 1 saturated heterocycles. The van der Waals surface area contributed by atoms with E-state index in [1.54, 1.807) is 4.90 Å². The number of H-pyrrole nitrogens is 1. The van der Waals surface area contributed by atoms with Gasteiger partial charge in [-0.1, -0.05) is 13.8 Å². The first kappa shape index (κ1) is 19.7. The lowest BCUT2D eigenvalue weighted by molar-refractivity contribution is 0.0534. The van der Waals surface area contributed by atoms with E-state index >= 15 is 0 Å². The molecular formula is C15H21Cl2FN4O. The molecule has 1 aliphatic rings. The average Bonchev–Trinajstić information content (AvgIpc) is 2.88. The number of fused-ring (bicyclic) bond motifs is 1. The maximum absolute atomic E-state index is 13.7. The molecule has 0 spiro atoms. The summed E-state index contributed by atoms with van der Waals surface area (Å²) in [5, 5.41) is 0. The van der Waals surface area contributed by atoms with Crippen molar-refractivity contribution in [3.8, 4) is 0 Å². The first-order valence-corrected chi connectivity index (χ1v) is 7.06. The Morgan fingerprint density at radius 3 is 2.78 bits per heavy atom. The van der Waals surface area contributed by atoms with Crippen LogP contribution in [0.5, 0.6) is 0 Å². The Bertz CT molecular complexity index is 704. The largest absolute Gasteiger partial charge is 0.344 e. The van der Waals surface area contributed by atoms with Crippen molar-refractivity contribution < 1.29 is 9.18 Å². The van der Waals surface area contributed by atoms with Crippen LogP contribution in [0.3, 0.4) is 0 Å². The van der Waals surface area contributed by atoms with Crippen molar-refractivity contribution in [2.45, 2.75) is 26.3 Å². The zero-order valence-corrected chi connectivity index (χ0v) is 14.6. The number of nitrogens with one attached hydrogen (secondary N) is 1. The van der Waals surface area contributed by atoms with Crippen LogP contribution < -0.4 is 5.73 Å². The summed E-state index contributed by atoms with van der Waals surface area (Å²) in [6, 6.07) is 2.67. The second-order valence-corrected chi connectivity index (χ2v) is 6.36. The summed E-state index contributed by atoms with van der Waals surface area (Å²) in [6.45, 7) is 5.25. The van der Waals surface area contributed by atoms with Gasteiger partial charge >= 0.3 is 0 Å². The Hall–Kier alpha value is -1.37. The van der Waals surface area contributed by atoms with Gasteiger partial charge in [-0.25, -0.2) is 9.37 Å². The number of benzene rings is 1. The van der Waals surface area contributed by atoms with Crippen LogP contribution >= 0.6 is 24.8 Å². The van der Waals surface area contributed by atoms with E-state index in [1.807, 2.05) is 13.8 Å². The van der Waals surface area contributed by atoms with Gasteiger partial charge in [-0.15, -0.1) is 24.8 Å². The van der Waals surface area contributed by atoms with Crippen LogP contribution in [0, 0.1) is 11.2 Å². The Kier molecular flexibility index (Phi) is 6.01. The topological polar surface area (TPSA) is 75.0 Å². The predicted molar refractivity (Wildman–Crippen MR) is 92.8 cm³/mol. The van der Waals surface area contributed by atoms with E-state index in [9.17, 15) is 9.18 Å². The molecule has 0 bridgehead atoms. The SMILES string of the molecule is CC1(C)CN(C(=O)c2cc(F)cc3[nH]cnc23)CCC1N.Cl.Cl. The molecule has 128 valence electrons. The van der Waals surface area contributed by atoms with E-state index in [0.29, 0.717) is 29.7 Å². The fourth-order valence-corrected chi connectivity index (χ4v) is 2.90. The number of halogens is 3. The van der Waals surface area contributed by atoms with Gasteiger partial charge in [0.1, 0.15) is 11.3 Å². The number of amides is 1. The van der Waals surface area contributed by atoms with Crippen molar-refractivity contribution in [1.29, 1.82) is 0 Å². The van der Waals surface area contributed by atoms with Crippen molar-refractivity contribution >= 4 is 41.8 Å². The first-order chi connectivity index (χ1) is 9.88. The third kappa shape index (κ3) is 3.59. The Morgan fingerprint density at radius 2 is 2.13 bits per heavy atom. The number of nitrogens with two attached hydrogens (primary N) is 1. The number of hydrogen-bond donors (Lipinski definition) is 2. The van der Waals surface area contributed by atoms with Gasteiger partial charge in [0, 0.05) is 19.1 Å². The summed E-state index contributed by atoms with van der Waals surface area (Å²) in [7, 11) is 0. The van der Waals surface area contributed by atoms with Crippen LogP contribution in [0.1, 0.15) is 30.6 Å². The summed E-state index contributed by atoms with van der Waals surface area (Å²) < 4.78 is 13.7. The van der Waals surface area contributed by atoms with Crippen LogP contribution in [0.2, 0.25) is 0 Å². The summed E-state index contributed by atoms with van der Waals surface area (Å²) >= 11 is 0. The van der Waals surface area contributed by atoms with Crippen LogP contribution in [0.15, 0.2) is 18.5 Å². The number of carbonyl (C=O) groups excluding carboxylic acids is 1. The van der Waals surface area contributed by atoms with Gasteiger partial charge < -0.3 is 15.6 Å². The first-order valence-electron chi connectivity index (χ1n) is 7.06. The quantitative estimate of drug-likeness (QED) is 0.818. The number of carbonyl (C=O) groups is 1. The van der Waals surface area contributed by atoms with Gasteiger partial charge in [-0.2, -0.15) is 0 Å². The van der Waals surface area contributed by atoms with Crippen LogP contribution in [0.4, 0.5) is 4.39 Å². The smallest absolute Gasteiger partial charge is 0.256 e. The van der Waals surface area contributed by atoms with Gasteiger partial charge in [-0.3, -0.25) is 4.79 Å². The minimum atomic E-state index is -0.442. The molecule has 0 aliphatic carbocycles. The number of aromatic amines is 1. The lowest BCUT2D eigenvalue weighted by atomic mass is 9.79. The number of imidazole rings is 1. The molecule has 0 radical (unpaired) electrons. The highest BCUT2D eigenvalue weighted by atomic mass is 35.5. The predicted octanol–water partition coefficient (Wildman–Crippen LogP) is 2.75. The lowest BCUT2D eigenvalue weighted by Gasteiger charge is -2.42. The fourth-order valence-electron chi connectivity index (χ4n) is 2.90. The zero-order valence-electron chi connectivity index (χ0n) is 13.0. The molecule has 2 aromatic rings. The van der Waals surface area contributed by atoms with Crippen LogP contribution in [0.25, 0.3) is 11.0 Å². The number of rotatable bonds is 1. The maximum atomic E-state index is 13.7. The highest BCUT2D eigenvalue weighted by Crippen LogP contribution is 2.29. The number of nitrogens with zero attached hydrogens (tertiary/aromatic N) is 2. The molecule has 8 heteroatoms. The lowest BCUT2D eigenvalue weighted by Crippen LogP contribution is -2.54. The molecular weight excluding hydrogens is 342 g/mol. The number of hydrogen-bond acceptors (Lipinski definition) is 3. The van der Waals surface area contributed by atoms with E-state index in [4.69, 9.17) is 5.73 Å². The Morgan fingerprint density at radius 1 is 1.43 bits per heavy atom. The van der Waals surface area contributed by atoms with Crippen molar-refractivity contribution in [3.63, 3.8) is 0 Å². The second-order valence-electron chi connectivity index (χ2n) is 6.36. The van der Waals surface area contributed by atoms with Crippen molar-refractivity contribution in [1.82, 2.24) is 14.9 Å². The zero-order chi connectivity index (χ0) is 15.2. The van der Waals surface area contributed by atoms with Gasteiger partial charge in [0.2, 0.25) is 0 Å². The average molecular weight is 363 g/mol. The summed E-state index contributed by atoms with van der Waals surface area (Å²) in [5.41, 5.74) is 7.29. The third-order valence-electron chi connectivity index (χ3n) is 4.32. The molecule has 1 amide bonds. The van der Waals surface area contributed by atoms with E-state index in [-0.39, 0.29) is 42.2 Å². The maximum Gasteiger partial charge on any atom is 0.256 e. The molecule has 3 rings (SSSR count). The van der Waals surface area contributed by atoms with Crippen molar-refractivity contribution in [2.75, 3.05) is 13.1 Å². The minimum Gasteiger partial charge on any atom is -0.344 e. The minimum absolute atomic E-state index is 0. The third-order valence-corrected chi connectivity index (χ3v) is 4.32.